The summed E-state index contributed by atoms with van der Waals surface area (Å²) in [5, 5.41) is 0. The second-order valence-corrected chi connectivity index (χ2v) is 1.82. The lowest BCUT2D eigenvalue weighted by atomic mass is 10.2. The third-order valence-corrected chi connectivity index (χ3v) is 1.18. The Morgan fingerprint density at radius 2 is 2.20 bits per heavy atom. The van der Waals surface area contributed by atoms with E-state index in [0.717, 1.165) is 0 Å². The highest BCUT2D eigenvalue weighted by Crippen LogP contribution is 1.96. The van der Waals surface area contributed by atoms with Gasteiger partial charge in [-0.15, -0.1) is 0 Å². The molecule has 0 aliphatic rings. The number of hydrogen-bond donors (Lipinski definition) is 1. The van der Waals surface area contributed by atoms with Crippen molar-refractivity contribution < 1.29 is 14.3 Å². The largest absolute Gasteiger partial charge is 0.467 e. The Hall–Kier alpha value is -0.610. The van der Waals surface area contributed by atoms with Crippen molar-refractivity contribution >= 4 is 5.97 Å². The summed E-state index contributed by atoms with van der Waals surface area (Å²) in [6, 6.07) is 0. The molecule has 0 fully saturated rings. The Balaban J connectivity index is 3.68. The van der Waals surface area contributed by atoms with Gasteiger partial charge in [-0.2, -0.15) is 0 Å². The number of hydrogen-bond acceptors (Lipinski definition) is 4. The minimum atomic E-state index is -0.505. The number of carbonyl (C=O) groups is 1. The fourth-order valence-electron chi connectivity index (χ4n) is 0.615. The normalized spacial score (nSPS) is 12.7. The number of methoxy groups -OCH3 is 2. The van der Waals surface area contributed by atoms with Crippen molar-refractivity contribution in [3.8, 4) is 0 Å². The van der Waals surface area contributed by atoms with Gasteiger partial charge >= 0.3 is 5.97 Å². The zero-order chi connectivity index (χ0) is 7.98. The molecular formula is C6H13NO3. The summed E-state index contributed by atoms with van der Waals surface area (Å²) in [6.45, 7) is 0.424. The maximum Gasteiger partial charge on any atom is 0.335 e. The van der Waals surface area contributed by atoms with Gasteiger partial charge in [0, 0.05) is 7.11 Å². The molecule has 0 bridgehead atoms. The molecule has 1 atom stereocenters. The first kappa shape index (κ1) is 9.39. The molecule has 0 amide bonds. The van der Waals surface area contributed by atoms with Crippen LogP contribution in [0.25, 0.3) is 0 Å². The van der Waals surface area contributed by atoms with Crippen molar-refractivity contribution in [3.63, 3.8) is 0 Å². The predicted molar refractivity (Wildman–Crippen MR) is 36.5 cm³/mol. The van der Waals surface area contributed by atoms with Crippen LogP contribution in [-0.4, -0.2) is 32.8 Å². The molecule has 4 heteroatoms. The number of nitrogens with two attached hydrogens (primary N) is 1. The topological polar surface area (TPSA) is 61.5 Å². The zero-order valence-electron chi connectivity index (χ0n) is 6.29. The first-order valence-corrected chi connectivity index (χ1v) is 3.07. The van der Waals surface area contributed by atoms with Crippen LogP contribution in [0.15, 0.2) is 0 Å². The summed E-state index contributed by atoms with van der Waals surface area (Å²) in [7, 11) is 2.78. The molecule has 4 nitrogen and oxygen atoms in total. The fraction of sp³-hybridized carbons (Fsp3) is 0.833. The van der Waals surface area contributed by atoms with E-state index in [0.29, 0.717) is 13.0 Å². The zero-order valence-corrected chi connectivity index (χ0v) is 6.29. The fourth-order valence-corrected chi connectivity index (χ4v) is 0.615. The van der Waals surface area contributed by atoms with Gasteiger partial charge in [-0.3, -0.25) is 0 Å². The van der Waals surface area contributed by atoms with Crippen molar-refractivity contribution in [1.29, 1.82) is 0 Å². The van der Waals surface area contributed by atoms with Gasteiger partial charge in [0.1, 0.15) is 0 Å². The highest BCUT2D eigenvalue weighted by molar-refractivity contribution is 5.74. The summed E-state index contributed by atoms with van der Waals surface area (Å²) in [5.41, 5.74) is 5.21. The van der Waals surface area contributed by atoms with E-state index in [-0.39, 0.29) is 5.97 Å². The minimum Gasteiger partial charge on any atom is -0.467 e. The van der Waals surface area contributed by atoms with Crippen molar-refractivity contribution in [2.24, 2.45) is 5.73 Å². The van der Waals surface area contributed by atoms with Gasteiger partial charge in [-0.05, 0) is 13.0 Å². The quantitative estimate of drug-likeness (QED) is 0.546. The van der Waals surface area contributed by atoms with E-state index in [4.69, 9.17) is 10.5 Å². The van der Waals surface area contributed by atoms with Gasteiger partial charge in [0.25, 0.3) is 0 Å². The summed E-state index contributed by atoms with van der Waals surface area (Å²) in [6.07, 6.45) is -0.00148. The molecule has 0 spiro atoms. The van der Waals surface area contributed by atoms with Crippen LogP contribution < -0.4 is 5.73 Å². The van der Waals surface area contributed by atoms with E-state index in [1.165, 1.54) is 14.2 Å². The number of esters is 1. The van der Waals surface area contributed by atoms with Gasteiger partial charge < -0.3 is 15.2 Å². The van der Waals surface area contributed by atoms with Gasteiger partial charge in [0.15, 0.2) is 6.10 Å². The molecule has 0 aromatic heterocycles. The van der Waals surface area contributed by atoms with Crippen molar-refractivity contribution in [1.82, 2.24) is 0 Å². The third kappa shape index (κ3) is 2.80. The maximum absolute atomic E-state index is 10.7. The van der Waals surface area contributed by atoms with Crippen LogP contribution in [0, 0.1) is 0 Å². The average molecular weight is 147 g/mol. The van der Waals surface area contributed by atoms with Gasteiger partial charge in [-0.1, -0.05) is 0 Å². The van der Waals surface area contributed by atoms with Crippen LogP contribution in [0.3, 0.4) is 0 Å². The molecule has 10 heavy (non-hydrogen) atoms. The molecule has 0 unspecified atom stereocenters. The van der Waals surface area contributed by atoms with E-state index in [1.54, 1.807) is 0 Å². The number of rotatable bonds is 4. The molecule has 0 aromatic carbocycles. The van der Waals surface area contributed by atoms with E-state index in [1.807, 2.05) is 0 Å². The molecular weight excluding hydrogens is 134 g/mol. The molecule has 0 heterocycles. The van der Waals surface area contributed by atoms with Crippen LogP contribution in [0.1, 0.15) is 6.42 Å². The van der Waals surface area contributed by atoms with Crippen LogP contribution in [0.2, 0.25) is 0 Å². The molecule has 0 aromatic rings. The minimum absolute atomic E-state index is 0.368. The van der Waals surface area contributed by atoms with Crippen LogP contribution in [0.5, 0.6) is 0 Å². The van der Waals surface area contributed by atoms with Crippen molar-refractivity contribution in [2.45, 2.75) is 12.5 Å². The SMILES string of the molecule is COC(=O)[C@H](CCN)OC. The second-order valence-electron chi connectivity index (χ2n) is 1.82. The molecule has 0 aliphatic heterocycles. The molecule has 0 radical (unpaired) electrons. The van der Waals surface area contributed by atoms with Crippen LogP contribution in [0.4, 0.5) is 0 Å². The standard InChI is InChI=1S/C6H13NO3/c1-9-5(3-4-7)6(8)10-2/h5H,3-4,7H2,1-2H3/t5-/m0/s1. The van der Waals surface area contributed by atoms with Crippen molar-refractivity contribution in [3.05, 3.63) is 0 Å². The first-order chi connectivity index (χ1) is 4.76. The van der Waals surface area contributed by atoms with Crippen LogP contribution in [-0.2, 0) is 14.3 Å². The summed E-state index contributed by atoms with van der Waals surface area (Å²) >= 11 is 0. The maximum atomic E-state index is 10.7. The molecule has 2 N–H and O–H groups in total. The van der Waals surface area contributed by atoms with E-state index in [2.05, 4.69) is 4.74 Å². The smallest absolute Gasteiger partial charge is 0.335 e. The average Bonchev–Trinajstić information content (AvgIpc) is 1.99. The molecule has 0 saturated carbocycles. The Kier molecular flexibility index (Phi) is 4.88. The van der Waals surface area contributed by atoms with E-state index in [9.17, 15) is 4.79 Å². The number of ether oxygens (including phenoxy) is 2. The van der Waals surface area contributed by atoms with E-state index < -0.39 is 6.10 Å². The molecule has 0 aliphatic carbocycles. The lowest BCUT2D eigenvalue weighted by Gasteiger charge is -2.10. The van der Waals surface area contributed by atoms with Crippen LogP contribution >= 0.6 is 0 Å². The highest BCUT2D eigenvalue weighted by atomic mass is 16.6. The predicted octanol–water partition coefficient (Wildman–Crippen LogP) is -0.477. The lowest BCUT2D eigenvalue weighted by molar-refractivity contribution is -0.152. The lowest BCUT2D eigenvalue weighted by Crippen LogP contribution is -2.26. The molecule has 60 valence electrons. The molecule has 0 rings (SSSR count). The Morgan fingerprint density at radius 3 is 2.50 bits per heavy atom. The summed E-state index contributed by atoms with van der Waals surface area (Å²) in [4.78, 5) is 10.7. The Morgan fingerprint density at radius 1 is 1.60 bits per heavy atom. The Labute approximate surface area is 60.3 Å². The third-order valence-electron chi connectivity index (χ3n) is 1.18. The summed E-state index contributed by atoms with van der Waals surface area (Å²) in [5.74, 6) is -0.368. The van der Waals surface area contributed by atoms with E-state index >= 15 is 0 Å². The monoisotopic (exact) mass is 147 g/mol. The van der Waals surface area contributed by atoms with Gasteiger partial charge in [0.05, 0.1) is 7.11 Å². The first-order valence-electron chi connectivity index (χ1n) is 3.07. The van der Waals surface area contributed by atoms with Gasteiger partial charge in [-0.25, -0.2) is 4.79 Å². The van der Waals surface area contributed by atoms with Crippen molar-refractivity contribution in [2.75, 3.05) is 20.8 Å². The van der Waals surface area contributed by atoms with Gasteiger partial charge in [0.2, 0.25) is 0 Å². The highest BCUT2D eigenvalue weighted by Gasteiger charge is 2.16. The number of carbonyl (C=O) groups excluding carboxylic acids is 1. The molecule has 0 saturated heterocycles. The summed E-state index contributed by atoms with van der Waals surface area (Å²) < 4.78 is 9.23. The second kappa shape index (κ2) is 5.20. The Bertz CT molecular complexity index is 105.